The van der Waals surface area contributed by atoms with Crippen LogP contribution in [0, 0.1) is 11.2 Å². The molecule has 0 bridgehead atoms. The summed E-state index contributed by atoms with van der Waals surface area (Å²) < 4.78 is 18.6. The topological polar surface area (TPSA) is 68.3 Å². The van der Waals surface area contributed by atoms with E-state index in [4.69, 9.17) is 27.9 Å². The van der Waals surface area contributed by atoms with Crippen LogP contribution in [0.1, 0.15) is 38.1 Å². The molecule has 0 aliphatic carbocycles. The van der Waals surface area contributed by atoms with Crippen molar-refractivity contribution >= 4 is 35.0 Å². The van der Waals surface area contributed by atoms with Gasteiger partial charge in [-0.1, -0.05) is 37.0 Å². The Bertz CT molecular complexity index is 611. The third kappa shape index (κ3) is 4.62. The summed E-state index contributed by atoms with van der Waals surface area (Å²) in [5, 5.41) is 2.31. The molecular formula is C15H19Cl2FN2O3. The van der Waals surface area contributed by atoms with Gasteiger partial charge in [-0.15, -0.1) is 0 Å². The van der Waals surface area contributed by atoms with Gasteiger partial charge in [-0.05, 0) is 19.9 Å². The van der Waals surface area contributed by atoms with Gasteiger partial charge in [0.25, 0.3) is 0 Å². The van der Waals surface area contributed by atoms with Crippen LogP contribution in [-0.2, 0) is 9.53 Å². The van der Waals surface area contributed by atoms with E-state index in [0.717, 1.165) is 6.07 Å². The van der Waals surface area contributed by atoms with E-state index in [9.17, 15) is 14.0 Å². The summed E-state index contributed by atoms with van der Waals surface area (Å²) in [6.07, 6.45) is 0. The number of carbonyl (C=O) groups excluding carboxylic acids is 2. The van der Waals surface area contributed by atoms with Crippen LogP contribution < -0.4 is 5.32 Å². The van der Waals surface area contributed by atoms with Gasteiger partial charge in [0.05, 0.1) is 12.2 Å². The number of nitrogens with one attached hydrogen (secondary N) is 1. The fourth-order valence-electron chi connectivity index (χ4n) is 1.85. The highest BCUT2D eigenvalue weighted by Crippen LogP contribution is 2.29. The molecule has 0 saturated carbocycles. The predicted octanol–water partition coefficient (Wildman–Crippen LogP) is 3.28. The molecule has 5 nitrogen and oxygen atoms in total. The molecule has 0 spiro atoms. The van der Waals surface area contributed by atoms with E-state index >= 15 is 0 Å². The van der Waals surface area contributed by atoms with Gasteiger partial charge in [0, 0.05) is 12.6 Å². The summed E-state index contributed by atoms with van der Waals surface area (Å²) in [6.45, 7) is 6.92. The van der Waals surface area contributed by atoms with Crippen LogP contribution in [0.25, 0.3) is 0 Å². The Morgan fingerprint density at radius 1 is 1.39 bits per heavy atom. The summed E-state index contributed by atoms with van der Waals surface area (Å²) >= 11 is 11.4. The Balaban J connectivity index is 3.28. The van der Waals surface area contributed by atoms with E-state index in [1.54, 1.807) is 6.92 Å². The standard InChI is InChI=1S/C15H19Cl2FN2O3/c1-5-23-14(22)15(4,7-19-8(2)3)11(21)9-6-10(18)13(17)20-12(9)16/h6,8,19H,5,7H2,1-4H3. The molecule has 0 aliphatic rings. The zero-order chi connectivity index (χ0) is 17.8. The van der Waals surface area contributed by atoms with Crippen LogP contribution in [-0.4, -0.2) is 35.9 Å². The number of nitrogens with zero attached hydrogens (tertiary/aromatic N) is 1. The van der Waals surface area contributed by atoms with E-state index in [1.165, 1.54) is 6.92 Å². The highest BCUT2D eigenvalue weighted by Gasteiger charge is 2.44. The number of esters is 1. The first-order valence-electron chi connectivity index (χ1n) is 7.10. The molecule has 1 N–H and O–H groups in total. The summed E-state index contributed by atoms with van der Waals surface area (Å²) in [5.74, 6) is -2.29. The zero-order valence-electron chi connectivity index (χ0n) is 13.4. The Morgan fingerprint density at radius 2 is 2.00 bits per heavy atom. The van der Waals surface area contributed by atoms with Crippen molar-refractivity contribution in [3.63, 3.8) is 0 Å². The van der Waals surface area contributed by atoms with Crippen LogP contribution in [0.5, 0.6) is 0 Å². The molecule has 8 heteroatoms. The van der Waals surface area contributed by atoms with E-state index in [-0.39, 0.29) is 29.9 Å². The minimum absolute atomic E-state index is 0.0168. The number of ketones is 1. The molecule has 1 aromatic heterocycles. The van der Waals surface area contributed by atoms with Gasteiger partial charge < -0.3 is 10.1 Å². The van der Waals surface area contributed by atoms with Gasteiger partial charge in [0.2, 0.25) is 0 Å². The van der Waals surface area contributed by atoms with Gasteiger partial charge in [-0.2, -0.15) is 0 Å². The number of hydrogen-bond acceptors (Lipinski definition) is 5. The van der Waals surface area contributed by atoms with Crippen molar-refractivity contribution in [1.82, 2.24) is 10.3 Å². The lowest BCUT2D eigenvalue weighted by molar-refractivity contribution is -0.151. The number of aromatic nitrogens is 1. The number of carbonyl (C=O) groups is 2. The summed E-state index contributed by atoms with van der Waals surface area (Å²) in [4.78, 5) is 28.7. The summed E-state index contributed by atoms with van der Waals surface area (Å²) in [6, 6.07) is 0.916. The Kier molecular flexibility index (Phi) is 6.92. The summed E-state index contributed by atoms with van der Waals surface area (Å²) in [5.41, 5.74) is -1.78. The second-order valence-corrected chi connectivity index (χ2v) is 6.23. The molecule has 0 saturated heterocycles. The molecule has 0 radical (unpaired) electrons. The van der Waals surface area contributed by atoms with Crippen LogP contribution in [0.15, 0.2) is 6.07 Å². The smallest absolute Gasteiger partial charge is 0.321 e. The van der Waals surface area contributed by atoms with Gasteiger partial charge in [-0.25, -0.2) is 9.37 Å². The van der Waals surface area contributed by atoms with Gasteiger partial charge in [0.15, 0.2) is 16.8 Å². The third-order valence-corrected chi connectivity index (χ3v) is 3.78. The average Bonchev–Trinajstić information content (AvgIpc) is 2.48. The molecule has 1 aromatic rings. The molecule has 0 fully saturated rings. The van der Waals surface area contributed by atoms with Crippen molar-refractivity contribution in [2.75, 3.05) is 13.2 Å². The van der Waals surface area contributed by atoms with Crippen molar-refractivity contribution in [2.24, 2.45) is 5.41 Å². The lowest BCUT2D eigenvalue weighted by Gasteiger charge is -2.27. The van der Waals surface area contributed by atoms with Crippen LogP contribution in [0.4, 0.5) is 4.39 Å². The maximum atomic E-state index is 13.6. The fourth-order valence-corrected chi connectivity index (χ4v) is 2.25. The molecule has 1 heterocycles. The zero-order valence-corrected chi connectivity index (χ0v) is 14.9. The first kappa shape index (κ1) is 19.8. The second kappa shape index (κ2) is 8.04. The normalized spacial score (nSPS) is 13.7. The van der Waals surface area contributed by atoms with Crippen molar-refractivity contribution < 1.29 is 18.7 Å². The van der Waals surface area contributed by atoms with Crippen molar-refractivity contribution in [1.29, 1.82) is 0 Å². The predicted molar refractivity (Wildman–Crippen MR) is 86.4 cm³/mol. The molecule has 0 amide bonds. The molecule has 0 aromatic carbocycles. The van der Waals surface area contributed by atoms with Crippen molar-refractivity contribution in [3.05, 3.63) is 27.8 Å². The first-order chi connectivity index (χ1) is 10.6. The number of halogens is 3. The van der Waals surface area contributed by atoms with Crippen molar-refractivity contribution in [3.8, 4) is 0 Å². The molecule has 23 heavy (non-hydrogen) atoms. The monoisotopic (exact) mass is 364 g/mol. The van der Waals surface area contributed by atoms with Gasteiger partial charge in [-0.3, -0.25) is 9.59 Å². The minimum Gasteiger partial charge on any atom is -0.465 e. The van der Waals surface area contributed by atoms with E-state index < -0.39 is 28.1 Å². The molecular weight excluding hydrogens is 346 g/mol. The highest BCUT2D eigenvalue weighted by molar-refractivity contribution is 6.35. The average molecular weight is 365 g/mol. The van der Waals surface area contributed by atoms with Crippen LogP contribution >= 0.6 is 23.2 Å². The fraction of sp³-hybridized carbons (Fsp3) is 0.533. The Labute approximate surface area is 144 Å². The number of pyridine rings is 1. The maximum Gasteiger partial charge on any atom is 0.321 e. The third-order valence-electron chi connectivity index (χ3n) is 3.22. The molecule has 1 unspecified atom stereocenters. The van der Waals surface area contributed by atoms with E-state index in [1.807, 2.05) is 13.8 Å². The lowest BCUT2D eigenvalue weighted by atomic mass is 9.82. The second-order valence-electron chi connectivity index (χ2n) is 5.52. The molecule has 1 atom stereocenters. The first-order valence-corrected chi connectivity index (χ1v) is 7.86. The Hall–Kier alpha value is -1.24. The largest absolute Gasteiger partial charge is 0.465 e. The molecule has 0 aliphatic heterocycles. The number of rotatable bonds is 7. The maximum absolute atomic E-state index is 13.6. The van der Waals surface area contributed by atoms with Gasteiger partial charge >= 0.3 is 5.97 Å². The SMILES string of the molecule is CCOC(=O)C(C)(CNC(C)C)C(=O)c1cc(F)c(Cl)nc1Cl. The van der Waals surface area contributed by atoms with Crippen LogP contribution in [0.3, 0.4) is 0 Å². The number of ether oxygens (including phenoxy) is 1. The Morgan fingerprint density at radius 3 is 2.52 bits per heavy atom. The number of hydrogen-bond donors (Lipinski definition) is 1. The van der Waals surface area contributed by atoms with E-state index in [0.29, 0.717) is 0 Å². The number of Topliss-reactive ketones (excluding diaryl/α,β-unsaturated/α-hetero) is 1. The van der Waals surface area contributed by atoms with Crippen LogP contribution in [0.2, 0.25) is 10.3 Å². The molecule has 128 valence electrons. The highest BCUT2D eigenvalue weighted by atomic mass is 35.5. The minimum atomic E-state index is -1.56. The molecule has 1 rings (SSSR count). The van der Waals surface area contributed by atoms with E-state index in [2.05, 4.69) is 10.3 Å². The van der Waals surface area contributed by atoms with Crippen molar-refractivity contribution in [2.45, 2.75) is 33.7 Å². The summed E-state index contributed by atoms with van der Waals surface area (Å²) in [7, 11) is 0. The lowest BCUT2D eigenvalue weighted by Crippen LogP contribution is -2.47. The van der Waals surface area contributed by atoms with Gasteiger partial charge in [0.1, 0.15) is 10.6 Å². The quantitative estimate of drug-likeness (QED) is 0.348.